The zero-order valence-corrected chi connectivity index (χ0v) is 10.4. The van der Waals surface area contributed by atoms with Gasteiger partial charge in [0, 0.05) is 13.1 Å². The van der Waals surface area contributed by atoms with Gasteiger partial charge >= 0.3 is 5.76 Å². The van der Waals surface area contributed by atoms with Crippen LogP contribution >= 0.6 is 0 Å². The van der Waals surface area contributed by atoms with Crippen molar-refractivity contribution in [2.45, 2.75) is 6.54 Å². The maximum Gasteiger partial charge on any atom is 0.420 e. The molecule has 0 radical (unpaired) electrons. The van der Waals surface area contributed by atoms with E-state index >= 15 is 0 Å². The van der Waals surface area contributed by atoms with E-state index in [2.05, 4.69) is 0 Å². The Labute approximate surface area is 109 Å². The lowest BCUT2D eigenvalue weighted by Crippen LogP contribution is -2.43. The number of hydrogen-bond donors (Lipinski definition) is 0. The first-order chi connectivity index (χ1) is 9.25. The maximum absolute atomic E-state index is 12.1. The average Bonchev–Trinajstić information content (AvgIpc) is 2.76. The normalized spacial score (nSPS) is 15.9. The lowest BCUT2D eigenvalue weighted by molar-refractivity contribution is -0.135. The molecule has 1 aromatic carbocycles. The Morgan fingerprint density at radius 2 is 1.95 bits per heavy atom. The number of amides is 1. The minimum absolute atomic E-state index is 0.00977. The molecule has 0 aliphatic carbocycles. The van der Waals surface area contributed by atoms with Gasteiger partial charge in [-0.3, -0.25) is 9.36 Å². The number of morpholine rings is 1. The van der Waals surface area contributed by atoms with Crippen molar-refractivity contribution in [2.24, 2.45) is 0 Å². The Hall–Kier alpha value is -2.08. The fourth-order valence-corrected chi connectivity index (χ4v) is 2.21. The Kier molecular flexibility index (Phi) is 3.08. The summed E-state index contributed by atoms with van der Waals surface area (Å²) >= 11 is 0. The van der Waals surface area contributed by atoms with Crippen LogP contribution in [0.5, 0.6) is 0 Å². The predicted octanol–water partition coefficient (Wildman–Crippen LogP) is 0.453. The van der Waals surface area contributed by atoms with Crippen molar-refractivity contribution >= 4 is 17.0 Å². The smallest absolute Gasteiger partial charge is 0.408 e. The highest BCUT2D eigenvalue weighted by atomic mass is 16.5. The van der Waals surface area contributed by atoms with Gasteiger partial charge in [-0.2, -0.15) is 0 Å². The first kappa shape index (κ1) is 12.0. The predicted molar refractivity (Wildman–Crippen MR) is 67.9 cm³/mol. The quantitative estimate of drug-likeness (QED) is 0.788. The SMILES string of the molecule is O=C(Cn1c(=O)oc2ccccc21)N1CCOCC1. The maximum atomic E-state index is 12.1. The topological polar surface area (TPSA) is 64.7 Å². The Morgan fingerprint density at radius 1 is 1.21 bits per heavy atom. The molecule has 0 unspecified atom stereocenters. The van der Waals surface area contributed by atoms with Crippen molar-refractivity contribution < 1.29 is 13.9 Å². The second-order valence-electron chi connectivity index (χ2n) is 4.41. The lowest BCUT2D eigenvalue weighted by Gasteiger charge is -2.26. The number of oxazole rings is 1. The zero-order valence-electron chi connectivity index (χ0n) is 10.4. The van der Waals surface area contributed by atoms with Crippen molar-refractivity contribution in [3.05, 3.63) is 34.8 Å². The number of ether oxygens (including phenoxy) is 1. The van der Waals surface area contributed by atoms with E-state index in [9.17, 15) is 9.59 Å². The van der Waals surface area contributed by atoms with Crippen molar-refractivity contribution in [2.75, 3.05) is 26.3 Å². The van der Waals surface area contributed by atoms with Crippen molar-refractivity contribution in [3.8, 4) is 0 Å². The molecule has 6 nitrogen and oxygen atoms in total. The molecule has 1 aliphatic rings. The third-order valence-corrected chi connectivity index (χ3v) is 3.23. The highest BCUT2D eigenvalue weighted by Gasteiger charge is 2.19. The van der Waals surface area contributed by atoms with E-state index < -0.39 is 5.76 Å². The molecule has 19 heavy (non-hydrogen) atoms. The van der Waals surface area contributed by atoms with Crippen molar-refractivity contribution in [1.29, 1.82) is 0 Å². The molecule has 2 heterocycles. The number of nitrogens with zero attached hydrogens (tertiary/aromatic N) is 2. The van der Waals surface area contributed by atoms with E-state index in [4.69, 9.17) is 9.15 Å². The fraction of sp³-hybridized carbons (Fsp3) is 0.385. The number of rotatable bonds is 2. The highest BCUT2D eigenvalue weighted by molar-refractivity contribution is 5.79. The molecule has 0 N–H and O–H groups in total. The minimum atomic E-state index is -0.497. The van der Waals surface area contributed by atoms with Gasteiger partial charge in [0.15, 0.2) is 5.58 Å². The van der Waals surface area contributed by atoms with E-state index in [0.717, 1.165) is 0 Å². The number of fused-ring (bicyclic) bond motifs is 1. The second-order valence-corrected chi connectivity index (χ2v) is 4.41. The van der Waals surface area contributed by atoms with E-state index in [-0.39, 0.29) is 12.5 Å². The minimum Gasteiger partial charge on any atom is -0.408 e. The number of hydrogen-bond acceptors (Lipinski definition) is 4. The molecule has 3 rings (SSSR count). The second kappa shape index (κ2) is 4.89. The third kappa shape index (κ3) is 2.26. The Balaban J connectivity index is 1.86. The molecular weight excluding hydrogens is 248 g/mol. The van der Waals surface area contributed by atoms with Gasteiger partial charge in [-0.25, -0.2) is 4.79 Å². The fourth-order valence-electron chi connectivity index (χ4n) is 2.21. The average molecular weight is 262 g/mol. The molecule has 1 amide bonds. The van der Waals surface area contributed by atoms with Gasteiger partial charge in [-0.1, -0.05) is 12.1 Å². The summed E-state index contributed by atoms with van der Waals surface area (Å²) in [5, 5.41) is 0. The molecule has 0 atom stereocenters. The lowest BCUT2D eigenvalue weighted by atomic mass is 10.3. The van der Waals surface area contributed by atoms with Crippen LogP contribution in [-0.4, -0.2) is 41.7 Å². The molecule has 1 aromatic heterocycles. The summed E-state index contributed by atoms with van der Waals surface area (Å²) in [5.74, 6) is -0.584. The van der Waals surface area contributed by atoms with Crippen LogP contribution in [0.3, 0.4) is 0 Å². The summed E-state index contributed by atoms with van der Waals surface area (Å²) in [7, 11) is 0. The standard InChI is InChI=1S/C13H14N2O4/c16-12(14-5-7-18-8-6-14)9-15-10-3-1-2-4-11(10)19-13(15)17/h1-4H,5-9H2. The summed E-state index contributed by atoms with van der Waals surface area (Å²) in [6, 6.07) is 7.09. The highest BCUT2D eigenvalue weighted by Crippen LogP contribution is 2.12. The number of para-hydroxylation sites is 2. The number of carbonyl (C=O) groups excluding carboxylic acids is 1. The van der Waals surface area contributed by atoms with Crippen LogP contribution in [-0.2, 0) is 16.1 Å². The van der Waals surface area contributed by atoms with Crippen LogP contribution in [0.1, 0.15) is 0 Å². The molecule has 0 saturated carbocycles. The Morgan fingerprint density at radius 3 is 2.74 bits per heavy atom. The number of carbonyl (C=O) groups is 1. The van der Waals surface area contributed by atoms with Crippen LogP contribution in [0.4, 0.5) is 0 Å². The summed E-state index contributed by atoms with van der Waals surface area (Å²) in [4.78, 5) is 25.6. The van der Waals surface area contributed by atoms with Gasteiger partial charge in [0.2, 0.25) is 5.91 Å². The van der Waals surface area contributed by atoms with E-state index in [1.165, 1.54) is 4.57 Å². The first-order valence-corrected chi connectivity index (χ1v) is 6.19. The van der Waals surface area contributed by atoms with Crippen LogP contribution in [0.2, 0.25) is 0 Å². The van der Waals surface area contributed by atoms with E-state index in [1.807, 2.05) is 6.07 Å². The van der Waals surface area contributed by atoms with Gasteiger partial charge in [0.1, 0.15) is 6.54 Å². The van der Waals surface area contributed by atoms with E-state index in [1.54, 1.807) is 23.1 Å². The molecule has 1 aliphatic heterocycles. The monoisotopic (exact) mass is 262 g/mol. The van der Waals surface area contributed by atoms with Gasteiger partial charge in [0.25, 0.3) is 0 Å². The van der Waals surface area contributed by atoms with Gasteiger partial charge in [0.05, 0.1) is 18.7 Å². The molecule has 6 heteroatoms. The number of aromatic nitrogens is 1. The van der Waals surface area contributed by atoms with Gasteiger partial charge < -0.3 is 14.1 Å². The summed E-state index contributed by atoms with van der Waals surface area (Å²) in [6.07, 6.45) is 0. The van der Waals surface area contributed by atoms with Crippen molar-refractivity contribution in [3.63, 3.8) is 0 Å². The summed E-state index contributed by atoms with van der Waals surface area (Å²) in [6.45, 7) is 2.25. The van der Waals surface area contributed by atoms with E-state index in [0.29, 0.717) is 37.4 Å². The molecule has 2 aromatic rings. The molecule has 100 valence electrons. The molecular formula is C13H14N2O4. The van der Waals surface area contributed by atoms with Crippen LogP contribution in [0.15, 0.2) is 33.5 Å². The van der Waals surface area contributed by atoms with Gasteiger partial charge in [-0.05, 0) is 12.1 Å². The van der Waals surface area contributed by atoms with Crippen LogP contribution in [0, 0.1) is 0 Å². The summed E-state index contributed by atoms with van der Waals surface area (Å²) in [5.41, 5.74) is 1.15. The largest absolute Gasteiger partial charge is 0.420 e. The molecule has 1 saturated heterocycles. The number of benzene rings is 1. The first-order valence-electron chi connectivity index (χ1n) is 6.19. The van der Waals surface area contributed by atoms with Gasteiger partial charge in [-0.15, -0.1) is 0 Å². The van der Waals surface area contributed by atoms with Crippen molar-refractivity contribution in [1.82, 2.24) is 9.47 Å². The Bertz CT molecular complexity index is 652. The van der Waals surface area contributed by atoms with Crippen LogP contribution < -0.4 is 5.76 Å². The third-order valence-electron chi connectivity index (χ3n) is 3.23. The van der Waals surface area contributed by atoms with Crippen LogP contribution in [0.25, 0.3) is 11.1 Å². The molecule has 1 fully saturated rings. The molecule has 0 spiro atoms. The molecule has 0 bridgehead atoms. The summed E-state index contributed by atoms with van der Waals surface area (Å²) < 4.78 is 11.7. The zero-order chi connectivity index (χ0) is 13.2.